The van der Waals surface area contributed by atoms with Gasteiger partial charge in [0, 0.05) is 25.1 Å². The van der Waals surface area contributed by atoms with Gasteiger partial charge in [0.2, 0.25) is 5.91 Å². The Kier molecular flexibility index (Phi) is 3.60. The van der Waals surface area contributed by atoms with E-state index in [0.29, 0.717) is 5.69 Å². The normalized spacial score (nSPS) is 16.6. The third kappa shape index (κ3) is 2.50. The van der Waals surface area contributed by atoms with Gasteiger partial charge in [-0.05, 0) is 25.0 Å². The summed E-state index contributed by atoms with van der Waals surface area (Å²) in [6.45, 7) is 1.62. The number of amides is 1. The van der Waals surface area contributed by atoms with Crippen molar-refractivity contribution in [2.75, 3.05) is 30.8 Å². The lowest BCUT2D eigenvalue weighted by atomic mass is 9.96. The molecule has 0 atom stereocenters. The molecule has 0 radical (unpaired) electrons. The number of carbonyl (C=O) groups excluding carboxylic acids is 1. The van der Waals surface area contributed by atoms with E-state index in [2.05, 4.69) is 4.90 Å². The van der Waals surface area contributed by atoms with Crippen molar-refractivity contribution in [1.29, 1.82) is 0 Å². The molecule has 0 bridgehead atoms. The van der Waals surface area contributed by atoms with Gasteiger partial charge >= 0.3 is 0 Å². The topological polar surface area (TPSA) is 81.6 Å². The molecule has 0 unspecified atom stereocenters. The molecule has 0 aromatic heterocycles. The average molecular weight is 249 g/mol. The van der Waals surface area contributed by atoms with Crippen LogP contribution in [0.1, 0.15) is 12.8 Å². The molecule has 0 aliphatic carbocycles. The number of carbonyl (C=O) groups is 1. The number of rotatable bonds is 3. The number of nitrogen functional groups attached to an aromatic ring is 1. The molecule has 1 amide bonds. The fraction of sp³-hybridized carbons (Fsp3) is 0.462. The van der Waals surface area contributed by atoms with Crippen LogP contribution in [0.2, 0.25) is 0 Å². The molecule has 1 saturated heterocycles. The average Bonchev–Trinajstić information content (AvgIpc) is 2.38. The minimum atomic E-state index is -0.197. The highest BCUT2D eigenvalue weighted by molar-refractivity contribution is 5.77. The summed E-state index contributed by atoms with van der Waals surface area (Å²) in [6.07, 6.45) is 1.58. The molecule has 1 aromatic rings. The van der Waals surface area contributed by atoms with Crippen LogP contribution in [0.5, 0.6) is 5.75 Å². The van der Waals surface area contributed by atoms with Crippen LogP contribution in [-0.2, 0) is 4.79 Å². The SMILES string of the molecule is COc1ccc(N2CCC(C(N)=O)CC2)c(N)c1. The Balaban J connectivity index is 2.07. The Hall–Kier alpha value is -1.91. The molecule has 5 heteroatoms. The Morgan fingerprint density at radius 1 is 1.39 bits per heavy atom. The van der Waals surface area contributed by atoms with E-state index in [0.717, 1.165) is 37.4 Å². The van der Waals surface area contributed by atoms with Crippen molar-refractivity contribution in [3.8, 4) is 5.75 Å². The van der Waals surface area contributed by atoms with Crippen LogP contribution in [0.4, 0.5) is 11.4 Å². The highest BCUT2D eigenvalue weighted by Gasteiger charge is 2.24. The third-order valence-electron chi connectivity index (χ3n) is 3.47. The molecule has 98 valence electrons. The van der Waals surface area contributed by atoms with Crippen LogP contribution in [0.15, 0.2) is 18.2 Å². The summed E-state index contributed by atoms with van der Waals surface area (Å²) in [5.41, 5.74) is 13.0. The van der Waals surface area contributed by atoms with Crippen molar-refractivity contribution in [1.82, 2.24) is 0 Å². The van der Waals surface area contributed by atoms with Crippen molar-refractivity contribution < 1.29 is 9.53 Å². The molecule has 18 heavy (non-hydrogen) atoms. The Bertz CT molecular complexity index is 440. The minimum absolute atomic E-state index is 0.000669. The van der Waals surface area contributed by atoms with E-state index in [9.17, 15) is 4.79 Å². The summed E-state index contributed by atoms with van der Waals surface area (Å²) in [4.78, 5) is 13.3. The van der Waals surface area contributed by atoms with Crippen LogP contribution < -0.4 is 21.1 Å². The lowest BCUT2D eigenvalue weighted by Gasteiger charge is -2.33. The van der Waals surface area contributed by atoms with E-state index in [1.54, 1.807) is 7.11 Å². The first-order valence-corrected chi connectivity index (χ1v) is 6.09. The van der Waals surface area contributed by atoms with Crippen LogP contribution in [0.25, 0.3) is 0 Å². The number of anilines is 2. The Morgan fingerprint density at radius 3 is 2.56 bits per heavy atom. The van der Waals surface area contributed by atoms with Crippen LogP contribution in [0, 0.1) is 5.92 Å². The zero-order chi connectivity index (χ0) is 13.1. The summed E-state index contributed by atoms with van der Waals surface area (Å²) in [6, 6.07) is 5.67. The van der Waals surface area contributed by atoms with E-state index in [-0.39, 0.29) is 11.8 Å². The second-order valence-corrected chi connectivity index (χ2v) is 4.59. The minimum Gasteiger partial charge on any atom is -0.497 e. The molecule has 4 N–H and O–H groups in total. The molecule has 0 saturated carbocycles. The number of hydrogen-bond acceptors (Lipinski definition) is 4. The maximum Gasteiger partial charge on any atom is 0.220 e. The number of nitrogens with zero attached hydrogens (tertiary/aromatic N) is 1. The largest absolute Gasteiger partial charge is 0.497 e. The van der Waals surface area contributed by atoms with E-state index in [4.69, 9.17) is 16.2 Å². The number of hydrogen-bond donors (Lipinski definition) is 2. The zero-order valence-corrected chi connectivity index (χ0v) is 10.6. The van der Waals surface area contributed by atoms with Gasteiger partial charge < -0.3 is 21.1 Å². The quantitative estimate of drug-likeness (QED) is 0.782. The van der Waals surface area contributed by atoms with Gasteiger partial charge in [-0.1, -0.05) is 0 Å². The second-order valence-electron chi connectivity index (χ2n) is 4.59. The molecular weight excluding hydrogens is 230 g/mol. The number of ether oxygens (including phenoxy) is 1. The van der Waals surface area contributed by atoms with Crippen LogP contribution >= 0.6 is 0 Å². The smallest absolute Gasteiger partial charge is 0.220 e. The summed E-state index contributed by atoms with van der Waals surface area (Å²) in [7, 11) is 1.62. The molecule has 1 heterocycles. The first-order valence-electron chi connectivity index (χ1n) is 6.09. The van der Waals surface area contributed by atoms with Crippen molar-refractivity contribution in [2.24, 2.45) is 11.7 Å². The summed E-state index contributed by atoms with van der Waals surface area (Å²) in [5.74, 6) is 0.557. The van der Waals surface area contributed by atoms with Crippen LogP contribution in [0.3, 0.4) is 0 Å². The molecule has 1 aliphatic heterocycles. The lowest BCUT2D eigenvalue weighted by molar-refractivity contribution is -0.122. The first-order chi connectivity index (χ1) is 8.61. The van der Waals surface area contributed by atoms with Gasteiger partial charge in [-0.3, -0.25) is 4.79 Å². The zero-order valence-electron chi connectivity index (χ0n) is 10.6. The van der Waals surface area contributed by atoms with E-state index < -0.39 is 0 Å². The van der Waals surface area contributed by atoms with Gasteiger partial charge in [0.05, 0.1) is 18.5 Å². The van der Waals surface area contributed by atoms with E-state index >= 15 is 0 Å². The summed E-state index contributed by atoms with van der Waals surface area (Å²) in [5, 5.41) is 0. The van der Waals surface area contributed by atoms with Gasteiger partial charge in [-0.2, -0.15) is 0 Å². The van der Waals surface area contributed by atoms with Crippen molar-refractivity contribution in [3.63, 3.8) is 0 Å². The number of benzene rings is 1. The maximum absolute atomic E-state index is 11.1. The molecule has 1 aliphatic rings. The second kappa shape index (κ2) is 5.16. The summed E-state index contributed by atoms with van der Waals surface area (Å²) < 4.78 is 5.13. The maximum atomic E-state index is 11.1. The highest BCUT2D eigenvalue weighted by atomic mass is 16.5. The fourth-order valence-electron chi connectivity index (χ4n) is 2.35. The molecule has 1 fully saturated rings. The van der Waals surface area contributed by atoms with Crippen molar-refractivity contribution >= 4 is 17.3 Å². The highest BCUT2D eigenvalue weighted by Crippen LogP contribution is 2.30. The predicted octanol–water partition coefficient (Wildman–Crippen LogP) is 0.979. The standard InChI is InChI=1S/C13H19N3O2/c1-18-10-2-3-12(11(14)8-10)16-6-4-9(5-7-16)13(15)17/h2-3,8-9H,4-7,14H2,1H3,(H2,15,17). The molecule has 2 rings (SSSR count). The Labute approximate surface area is 107 Å². The molecule has 1 aromatic carbocycles. The fourth-order valence-corrected chi connectivity index (χ4v) is 2.35. The number of methoxy groups -OCH3 is 1. The third-order valence-corrected chi connectivity index (χ3v) is 3.47. The predicted molar refractivity (Wildman–Crippen MR) is 71.5 cm³/mol. The number of nitrogens with two attached hydrogens (primary N) is 2. The molecular formula is C13H19N3O2. The van der Waals surface area contributed by atoms with Gasteiger partial charge in [-0.15, -0.1) is 0 Å². The number of primary amides is 1. The first kappa shape index (κ1) is 12.5. The Morgan fingerprint density at radius 2 is 2.06 bits per heavy atom. The molecule has 5 nitrogen and oxygen atoms in total. The summed E-state index contributed by atoms with van der Waals surface area (Å²) >= 11 is 0. The van der Waals surface area contributed by atoms with Crippen molar-refractivity contribution in [2.45, 2.75) is 12.8 Å². The van der Waals surface area contributed by atoms with Gasteiger partial charge in [-0.25, -0.2) is 0 Å². The number of piperidine rings is 1. The van der Waals surface area contributed by atoms with Gasteiger partial charge in [0.1, 0.15) is 5.75 Å². The van der Waals surface area contributed by atoms with Gasteiger partial charge in [0.25, 0.3) is 0 Å². The molecule has 0 spiro atoms. The van der Waals surface area contributed by atoms with Gasteiger partial charge in [0.15, 0.2) is 0 Å². The van der Waals surface area contributed by atoms with E-state index in [1.165, 1.54) is 0 Å². The van der Waals surface area contributed by atoms with Crippen LogP contribution in [-0.4, -0.2) is 26.1 Å². The van der Waals surface area contributed by atoms with Crippen molar-refractivity contribution in [3.05, 3.63) is 18.2 Å². The lowest BCUT2D eigenvalue weighted by Crippen LogP contribution is -2.38. The monoisotopic (exact) mass is 249 g/mol. The van der Waals surface area contributed by atoms with E-state index in [1.807, 2.05) is 18.2 Å².